The number of esters is 1. The summed E-state index contributed by atoms with van der Waals surface area (Å²) in [6.07, 6.45) is 2.31. The minimum atomic E-state index is -0.533. The van der Waals surface area contributed by atoms with E-state index >= 15 is 0 Å². The van der Waals surface area contributed by atoms with E-state index in [0.717, 1.165) is 18.0 Å². The number of hydrogen-bond acceptors (Lipinski definition) is 9. The number of rotatable bonds is 8. The summed E-state index contributed by atoms with van der Waals surface area (Å²) in [5, 5.41) is 17.8. The molecule has 3 aromatic rings. The van der Waals surface area contributed by atoms with E-state index in [0.29, 0.717) is 37.1 Å². The SMILES string of the molecule is COC(=O)c1c(-c2ccccc2Cl)csc1NC(=O)CSc1nnc(NC2CC2)s1. The van der Waals surface area contributed by atoms with Crippen molar-refractivity contribution in [2.45, 2.75) is 23.2 Å². The van der Waals surface area contributed by atoms with Gasteiger partial charge in [0.05, 0.1) is 12.9 Å². The van der Waals surface area contributed by atoms with Crippen LogP contribution in [0.3, 0.4) is 0 Å². The van der Waals surface area contributed by atoms with Crippen LogP contribution >= 0.6 is 46.0 Å². The van der Waals surface area contributed by atoms with Gasteiger partial charge in [-0.05, 0) is 18.9 Å². The molecule has 0 saturated heterocycles. The first-order chi connectivity index (χ1) is 14.5. The van der Waals surface area contributed by atoms with Crippen LogP contribution in [0.1, 0.15) is 23.2 Å². The van der Waals surface area contributed by atoms with Crippen LogP contribution in [0.15, 0.2) is 34.0 Å². The standard InChI is InChI=1S/C19H17ClN4O3S3/c1-27-17(26)15-12(11-4-2-3-5-13(11)20)8-28-16(15)22-14(25)9-29-19-24-23-18(30-19)21-10-6-7-10/h2-5,8,10H,6-7,9H2,1H3,(H,21,23)(H,22,25). The predicted molar refractivity (Wildman–Crippen MR) is 122 cm³/mol. The zero-order valence-electron chi connectivity index (χ0n) is 15.8. The van der Waals surface area contributed by atoms with E-state index in [4.69, 9.17) is 16.3 Å². The summed E-state index contributed by atoms with van der Waals surface area (Å²) in [5.74, 6) is -0.628. The number of carbonyl (C=O) groups is 2. The van der Waals surface area contributed by atoms with Crippen molar-refractivity contribution in [3.05, 3.63) is 40.2 Å². The summed E-state index contributed by atoms with van der Waals surface area (Å²) in [6, 6.07) is 7.72. The van der Waals surface area contributed by atoms with Gasteiger partial charge in [-0.25, -0.2) is 4.79 Å². The molecule has 4 rings (SSSR count). The summed E-state index contributed by atoms with van der Waals surface area (Å²) in [6.45, 7) is 0. The number of nitrogens with zero attached hydrogens (tertiary/aromatic N) is 2. The lowest BCUT2D eigenvalue weighted by atomic mass is 10.0. The minimum absolute atomic E-state index is 0.151. The molecule has 0 spiro atoms. The molecule has 0 unspecified atom stereocenters. The van der Waals surface area contributed by atoms with Crippen molar-refractivity contribution in [1.29, 1.82) is 0 Å². The van der Waals surface area contributed by atoms with Crippen molar-refractivity contribution in [2.24, 2.45) is 0 Å². The first-order valence-electron chi connectivity index (χ1n) is 9.02. The third kappa shape index (κ3) is 4.94. The Morgan fingerprint density at radius 3 is 2.80 bits per heavy atom. The summed E-state index contributed by atoms with van der Waals surface area (Å²) in [4.78, 5) is 24.9. The van der Waals surface area contributed by atoms with Gasteiger partial charge < -0.3 is 15.4 Å². The molecule has 2 N–H and O–H groups in total. The topological polar surface area (TPSA) is 93.2 Å². The number of carbonyl (C=O) groups excluding carboxylic acids is 2. The number of methoxy groups -OCH3 is 1. The lowest BCUT2D eigenvalue weighted by Crippen LogP contribution is -2.16. The lowest BCUT2D eigenvalue weighted by molar-refractivity contribution is -0.113. The second-order valence-electron chi connectivity index (χ2n) is 6.45. The number of nitrogens with one attached hydrogen (secondary N) is 2. The van der Waals surface area contributed by atoms with Gasteiger partial charge in [-0.2, -0.15) is 0 Å². The molecule has 1 aliphatic rings. The molecule has 1 aliphatic carbocycles. The van der Waals surface area contributed by atoms with E-state index in [1.165, 1.54) is 41.5 Å². The maximum absolute atomic E-state index is 12.5. The van der Waals surface area contributed by atoms with Crippen LogP contribution in [-0.4, -0.2) is 41.0 Å². The van der Waals surface area contributed by atoms with Gasteiger partial charge in [0.25, 0.3) is 0 Å². The van der Waals surface area contributed by atoms with Crippen molar-refractivity contribution in [1.82, 2.24) is 10.2 Å². The van der Waals surface area contributed by atoms with Gasteiger partial charge in [0, 0.05) is 27.6 Å². The Balaban J connectivity index is 1.45. The molecule has 0 aliphatic heterocycles. The van der Waals surface area contributed by atoms with Crippen LogP contribution in [0.2, 0.25) is 5.02 Å². The Morgan fingerprint density at radius 2 is 2.07 bits per heavy atom. The third-order valence-electron chi connectivity index (χ3n) is 4.24. The summed E-state index contributed by atoms with van der Waals surface area (Å²) >= 11 is 10.3. The molecule has 2 heterocycles. The third-order valence-corrected chi connectivity index (χ3v) is 7.45. The second kappa shape index (κ2) is 9.34. The lowest BCUT2D eigenvalue weighted by Gasteiger charge is -2.08. The zero-order valence-corrected chi connectivity index (χ0v) is 19.0. The molecule has 0 radical (unpaired) electrons. The summed E-state index contributed by atoms with van der Waals surface area (Å²) < 4.78 is 5.64. The van der Waals surface area contributed by atoms with Crippen molar-refractivity contribution < 1.29 is 14.3 Å². The molecule has 30 heavy (non-hydrogen) atoms. The highest BCUT2D eigenvalue weighted by molar-refractivity contribution is 8.01. The van der Waals surface area contributed by atoms with E-state index < -0.39 is 5.97 Å². The molecule has 1 aromatic carbocycles. The fourth-order valence-electron chi connectivity index (χ4n) is 2.65. The van der Waals surface area contributed by atoms with Crippen LogP contribution in [0.5, 0.6) is 0 Å². The maximum Gasteiger partial charge on any atom is 0.341 e. The van der Waals surface area contributed by atoms with Crippen molar-refractivity contribution in [2.75, 3.05) is 23.5 Å². The Bertz CT molecular complexity index is 1080. The minimum Gasteiger partial charge on any atom is -0.465 e. The number of anilines is 2. The van der Waals surface area contributed by atoms with Crippen molar-refractivity contribution in [3.63, 3.8) is 0 Å². The van der Waals surface area contributed by atoms with E-state index in [2.05, 4.69) is 20.8 Å². The first kappa shape index (κ1) is 21.1. The quantitative estimate of drug-likeness (QED) is 0.345. The Hall–Kier alpha value is -2.14. The van der Waals surface area contributed by atoms with Crippen LogP contribution in [0.25, 0.3) is 11.1 Å². The molecule has 1 amide bonds. The van der Waals surface area contributed by atoms with Crippen LogP contribution in [0, 0.1) is 0 Å². The average Bonchev–Trinajstić information content (AvgIpc) is 3.28. The Morgan fingerprint density at radius 1 is 1.27 bits per heavy atom. The second-order valence-corrected chi connectivity index (χ2v) is 9.94. The summed E-state index contributed by atoms with van der Waals surface area (Å²) in [7, 11) is 1.31. The Kier molecular flexibility index (Phi) is 6.57. The molecule has 11 heteroatoms. The van der Waals surface area contributed by atoms with Crippen LogP contribution in [0.4, 0.5) is 10.1 Å². The zero-order chi connectivity index (χ0) is 21.1. The summed E-state index contributed by atoms with van der Waals surface area (Å²) in [5.41, 5.74) is 1.62. The fraction of sp³-hybridized carbons (Fsp3) is 0.263. The number of halogens is 1. The van der Waals surface area contributed by atoms with Crippen LogP contribution in [-0.2, 0) is 9.53 Å². The smallest absolute Gasteiger partial charge is 0.341 e. The number of ether oxygens (including phenoxy) is 1. The maximum atomic E-state index is 12.5. The monoisotopic (exact) mass is 480 g/mol. The Labute approximate surface area is 190 Å². The van der Waals surface area contributed by atoms with Gasteiger partial charge in [0.15, 0.2) is 4.34 Å². The van der Waals surface area contributed by atoms with E-state index in [1.807, 2.05) is 18.2 Å². The molecular weight excluding hydrogens is 464 g/mol. The highest BCUT2D eigenvalue weighted by atomic mass is 35.5. The van der Waals surface area contributed by atoms with E-state index in [9.17, 15) is 9.59 Å². The molecule has 1 fully saturated rings. The van der Waals surface area contributed by atoms with Crippen molar-refractivity contribution in [3.8, 4) is 11.1 Å². The van der Waals surface area contributed by atoms with Gasteiger partial charge >= 0.3 is 5.97 Å². The molecule has 1 saturated carbocycles. The average molecular weight is 481 g/mol. The number of thioether (sulfide) groups is 1. The highest BCUT2D eigenvalue weighted by Gasteiger charge is 2.24. The number of benzene rings is 1. The first-order valence-corrected chi connectivity index (χ1v) is 12.1. The molecular formula is C19H17ClN4O3S3. The van der Waals surface area contributed by atoms with Crippen LogP contribution < -0.4 is 10.6 Å². The van der Waals surface area contributed by atoms with Gasteiger partial charge in [-0.1, -0.05) is 52.9 Å². The van der Waals surface area contributed by atoms with Gasteiger partial charge in [-0.15, -0.1) is 21.5 Å². The highest BCUT2D eigenvalue weighted by Crippen LogP contribution is 2.39. The normalized spacial score (nSPS) is 13.1. The molecule has 0 atom stereocenters. The van der Waals surface area contributed by atoms with E-state index in [1.54, 1.807) is 11.4 Å². The molecule has 0 bridgehead atoms. The largest absolute Gasteiger partial charge is 0.465 e. The molecule has 156 valence electrons. The van der Waals surface area contributed by atoms with Gasteiger partial charge in [0.1, 0.15) is 10.6 Å². The molecule has 7 nitrogen and oxygen atoms in total. The predicted octanol–water partition coefficient (Wildman–Crippen LogP) is 5.01. The number of thiophene rings is 1. The van der Waals surface area contributed by atoms with Gasteiger partial charge in [0.2, 0.25) is 11.0 Å². The fourth-order valence-corrected chi connectivity index (χ4v) is 5.48. The number of aromatic nitrogens is 2. The number of hydrogen-bond donors (Lipinski definition) is 2. The van der Waals surface area contributed by atoms with Gasteiger partial charge in [-0.3, -0.25) is 4.79 Å². The van der Waals surface area contributed by atoms with E-state index in [-0.39, 0.29) is 11.7 Å². The molecule has 2 aromatic heterocycles. The number of amides is 1. The van der Waals surface area contributed by atoms with Crippen molar-refractivity contribution >= 4 is 68.0 Å².